The molecule has 25 heavy (non-hydrogen) atoms. The van der Waals surface area contributed by atoms with E-state index in [1.54, 1.807) is 17.8 Å². The van der Waals surface area contributed by atoms with Crippen LogP contribution in [0.25, 0.3) is 5.57 Å². The lowest BCUT2D eigenvalue weighted by Crippen LogP contribution is -2.35. The van der Waals surface area contributed by atoms with Crippen LogP contribution in [0.3, 0.4) is 0 Å². The van der Waals surface area contributed by atoms with Gasteiger partial charge in [-0.3, -0.25) is 0 Å². The number of hydrogen-bond acceptors (Lipinski definition) is 3. The van der Waals surface area contributed by atoms with Crippen LogP contribution in [-0.2, 0) is 0 Å². The third-order valence-electron chi connectivity index (χ3n) is 5.55. The van der Waals surface area contributed by atoms with Crippen LogP contribution in [0.2, 0.25) is 0 Å². The van der Waals surface area contributed by atoms with Gasteiger partial charge in [0.05, 0.1) is 5.56 Å². The number of fused-ring (bicyclic) bond motifs is 4. The number of carbonyl (C=O) groups is 1. The minimum absolute atomic E-state index is 0.361. The molecule has 0 radical (unpaired) electrons. The number of rotatable bonds is 1. The molecule has 5 rings (SSSR count). The molecule has 2 aromatic carbocycles. The maximum atomic E-state index is 11.4. The van der Waals surface area contributed by atoms with E-state index >= 15 is 0 Å². The van der Waals surface area contributed by atoms with Gasteiger partial charge in [0, 0.05) is 21.9 Å². The molecule has 3 nitrogen and oxygen atoms in total. The SMILES string of the molecule is O=C(O)c1ccc2c(c1)Sc1ccccc1C2=C1CC2CCC(C1)N2. The molecule has 3 aliphatic heterocycles. The summed E-state index contributed by atoms with van der Waals surface area (Å²) in [4.78, 5) is 13.7. The molecule has 0 aromatic heterocycles. The highest BCUT2D eigenvalue weighted by Gasteiger charge is 2.34. The summed E-state index contributed by atoms with van der Waals surface area (Å²) in [7, 11) is 0. The molecule has 2 atom stereocenters. The Bertz CT molecular complexity index is 904. The number of hydrogen-bond donors (Lipinski definition) is 2. The lowest BCUT2D eigenvalue weighted by molar-refractivity contribution is 0.0696. The van der Waals surface area contributed by atoms with Gasteiger partial charge in [-0.2, -0.15) is 0 Å². The monoisotopic (exact) mass is 349 g/mol. The van der Waals surface area contributed by atoms with Gasteiger partial charge in [-0.05, 0) is 60.6 Å². The molecule has 3 heterocycles. The number of benzene rings is 2. The Morgan fingerprint density at radius 1 is 1.00 bits per heavy atom. The lowest BCUT2D eigenvalue weighted by atomic mass is 9.86. The van der Waals surface area contributed by atoms with Gasteiger partial charge in [0.15, 0.2) is 0 Å². The van der Waals surface area contributed by atoms with Crippen molar-refractivity contribution in [3.8, 4) is 0 Å². The van der Waals surface area contributed by atoms with Crippen molar-refractivity contribution in [3.63, 3.8) is 0 Å². The summed E-state index contributed by atoms with van der Waals surface area (Å²) in [5.41, 5.74) is 5.74. The van der Waals surface area contributed by atoms with Crippen LogP contribution < -0.4 is 5.32 Å². The normalized spacial score (nSPS) is 24.0. The minimum atomic E-state index is -0.864. The van der Waals surface area contributed by atoms with Crippen molar-refractivity contribution in [1.82, 2.24) is 5.32 Å². The fraction of sp³-hybridized carbons (Fsp3) is 0.286. The summed E-state index contributed by atoms with van der Waals surface area (Å²) in [6, 6.07) is 15.3. The quantitative estimate of drug-likeness (QED) is 0.676. The van der Waals surface area contributed by atoms with E-state index < -0.39 is 5.97 Å². The van der Waals surface area contributed by atoms with Crippen LogP contribution in [0.15, 0.2) is 57.8 Å². The Kier molecular flexibility index (Phi) is 3.50. The summed E-state index contributed by atoms with van der Waals surface area (Å²) in [5, 5.41) is 13.1. The van der Waals surface area contributed by atoms with Gasteiger partial charge in [0.2, 0.25) is 0 Å². The van der Waals surface area contributed by atoms with E-state index in [-0.39, 0.29) is 0 Å². The average Bonchev–Trinajstić information content (AvgIpc) is 2.97. The van der Waals surface area contributed by atoms with Gasteiger partial charge in [0.25, 0.3) is 0 Å². The zero-order valence-corrected chi connectivity index (χ0v) is 14.6. The van der Waals surface area contributed by atoms with Crippen LogP contribution in [0.1, 0.15) is 47.2 Å². The molecule has 2 fully saturated rings. The first-order valence-corrected chi connectivity index (χ1v) is 9.64. The van der Waals surface area contributed by atoms with Crippen molar-refractivity contribution in [2.45, 2.75) is 47.6 Å². The molecule has 126 valence electrons. The minimum Gasteiger partial charge on any atom is -0.478 e. The highest BCUT2D eigenvalue weighted by molar-refractivity contribution is 7.99. The first-order chi connectivity index (χ1) is 12.2. The molecule has 2 aromatic rings. The standard InChI is InChI=1S/C21H19NO2S/c23-21(24)12-5-8-17-19(11-12)25-18-4-2-1-3-16(18)20(17)13-9-14-6-7-15(10-13)22-14/h1-5,8,11,14-15,22H,6-7,9-10H2,(H,23,24). The number of aromatic carboxylic acids is 1. The average molecular weight is 349 g/mol. The predicted molar refractivity (Wildman–Crippen MR) is 99.2 cm³/mol. The summed E-state index contributed by atoms with van der Waals surface area (Å²) in [5.74, 6) is -0.864. The van der Waals surface area contributed by atoms with Crippen molar-refractivity contribution in [3.05, 3.63) is 64.7 Å². The van der Waals surface area contributed by atoms with Crippen molar-refractivity contribution in [2.24, 2.45) is 0 Å². The molecule has 2 bridgehead atoms. The van der Waals surface area contributed by atoms with E-state index in [0.717, 1.165) is 17.7 Å². The molecule has 0 amide bonds. The van der Waals surface area contributed by atoms with E-state index in [1.807, 2.05) is 12.1 Å². The lowest BCUT2D eigenvalue weighted by Gasteiger charge is -2.30. The van der Waals surface area contributed by atoms with Crippen LogP contribution >= 0.6 is 11.8 Å². The van der Waals surface area contributed by atoms with Crippen molar-refractivity contribution in [2.75, 3.05) is 0 Å². The Hall–Kier alpha value is -2.04. The van der Waals surface area contributed by atoms with Gasteiger partial charge in [-0.25, -0.2) is 4.79 Å². The molecule has 4 heteroatoms. The molecule has 2 N–H and O–H groups in total. The van der Waals surface area contributed by atoms with Gasteiger partial charge in [0.1, 0.15) is 0 Å². The third-order valence-corrected chi connectivity index (χ3v) is 6.68. The number of carboxylic acid groups (broad SMARTS) is 1. The maximum Gasteiger partial charge on any atom is 0.335 e. The van der Waals surface area contributed by atoms with Crippen LogP contribution in [-0.4, -0.2) is 23.2 Å². The number of piperidine rings is 1. The predicted octanol–water partition coefficient (Wildman–Crippen LogP) is 4.57. The molecular weight excluding hydrogens is 330 g/mol. The largest absolute Gasteiger partial charge is 0.478 e. The van der Waals surface area contributed by atoms with Crippen molar-refractivity contribution >= 4 is 23.3 Å². The highest BCUT2D eigenvalue weighted by Crippen LogP contribution is 2.49. The van der Waals surface area contributed by atoms with Gasteiger partial charge < -0.3 is 10.4 Å². The van der Waals surface area contributed by atoms with Crippen LogP contribution in [0.5, 0.6) is 0 Å². The molecular formula is C21H19NO2S. The molecule has 2 saturated heterocycles. The number of carboxylic acids is 1. The summed E-state index contributed by atoms with van der Waals surface area (Å²) in [6.45, 7) is 0. The highest BCUT2D eigenvalue weighted by atomic mass is 32.2. The first kappa shape index (κ1) is 15.2. The second-order valence-corrected chi connectivity index (χ2v) is 8.22. The van der Waals surface area contributed by atoms with E-state index in [0.29, 0.717) is 17.6 Å². The zero-order chi connectivity index (χ0) is 17.0. The Labute approximate surface area is 151 Å². The van der Waals surface area contributed by atoms with E-state index in [1.165, 1.54) is 40.0 Å². The Morgan fingerprint density at radius 3 is 2.48 bits per heavy atom. The fourth-order valence-corrected chi connectivity index (χ4v) is 5.59. The first-order valence-electron chi connectivity index (χ1n) is 8.82. The summed E-state index contributed by atoms with van der Waals surface area (Å²) >= 11 is 1.69. The van der Waals surface area contributed by atoms with Crippen LogP contribution in [0, 0.1) is 0 Å². The maximum absolute atomic E-state index is 11.4. The fourth-order valence-electron chi connectivity index (χ4n) is 4.46. The Balaban J connectivity index is 1.72. The van der Waals surface area contributed by atoms with E-state index in [2.05, 4.69) is 29.6 Å². The van der Waals surface area contributed by atoms with E-state index in [4.69, 9.17) is 0 Å². The van der Waals surface area contributed by atoms with E-state index in [9.17, 15) is 9.90 Å². The molecule has 2 unspecified atom stereocenters. The molecule has 0 aliphatic carbocycles. The molecule has 0 saturated carbocycles. The van der Waals surface area contributed by atoms with Gasteiger partial charge >= 0.3 is 5.97 Å². The second-order valence-electron chi connectivity index (χ2n) is 7.14. The second kappa shape index (κ2) is 5.75. The van der Waals surface area contributed by atoms with Crippen LogP contribution in [0.4, 0.5) is 0 Å². The van der Waals surface area contributed by atoms with Crippen molar-refractivity contribution in [1.29, 1.82) is 0 Å². The molecule has 0 spiro atoms. The van der Waals surface area contributed by atoms with Gasteiger partial charge in [-0.15, -0.1) is 0 Å². The molecule has 3 aliphatic rings. The topological polar surface area (TPSA) is 49.3 Å². The third kappa shape index (κ3) is 2.52. The van der Waals surface area contributed by atoms with Crippen molar-refractivity contribution < 1.29 is 9.90 Å². The summed E-state index contributed by atoms with van der Waals surface area (Å²) < 4.78 is 0. The summed E-state index contributed by atoms with van der Waals surface area (Å²) in [6.07, 6.45) is 4.74. The van der Waals surface area contributed by atoms with Gasteiger partial charge in [-0.1, -0.05) is 41.6 Å². The zero-order valence-electron chi connectivity index (χ0n) is 13.8. The smallest absolute Gasteiger partial charge is 0.335 e. The Morgan fingerprint density at radius 2 is 1.72 bits per heavy atom. The number of nitrogens with one attached hydrogen (secondary N) is 1.